The standard InChI is InChI=1S/C24H36O8Si/c1-8-14-28-23-21(30-16(2)25)19(26)20(32-22(27)17-12-10-9-11-13-17)18(31-23)15-29-33(6,7)24(3,4)5/h8-13,18-21,23,26H,1,14-15H2,2-7H3/t18?,19?,20-,21?,23+/m1/s1. The molecule has 2 rings (SSSR count). The Morgan fingerprint density at radius 3 is 2.33 bits per heavy atom. The third kappa shape index (κ3) is 7.22. The highest BCUT2D eigenvalue weighted by Crippen LogP contribution is 2.37. The van der Waals surface area contributed by atoms with Crippen LogP contribution in [0.15, 0.2) is 43.0 Å². The van der Waals surface area contributed by atoms with Gasteiger partial charge in [-0.1, -0.05) is 45.0 Å². The van der Waals surface area contributed by atoms with Crippen molar-refractivity contribution in [2.45, 2.75) is 76.5 Å². The molecule has 0 amide bonds. The molecule has 1 aromatic rings. The van der Waals surface area contributed by atoms with Crippen LogP contribution >= 0.6 is 0 Å². The van der Waals surface area contributed by atoms with Crippen molar-refractivity contribution in [3.63, 3.8) is 0 Å². The lowest BCUT2D eigenvalue weighted by molar-refractivity contribution is -0.300. The molecule has 0 saturated carbocycles. The van der Waals surface area contributed by atoms with Crippen LogP contribution in [-0.4, -0.2) is 69.3 Å². The van der Waals surface area contributed by atoms with Crippen LogP contribution in [0, 0.1) is 0 Å². The van der Waals surface area contributed by atoms with Gasteiger partial charge in [-0.3, -0.25) is 4.79 Å². The van der Waals surface area contributed by atoms with Crippen molar-refractivity contribution in [1.82, 2.24) is 0 Å². The lowest BCUT2D eigenvalue weighted by Gasteiger charge is -2.44. The highest BCUT2D eigenvalue weighted by atomic mass is 28.4. The average molecular weight is 481 g/mol. The number of ether oxygens (including phenoxy) is 4. The summed E-state index contributed by atoms with van der Waals surface area (Å²) < 4.78 is 28.9. The maximum Gasteiger partial charge on any atom is 0.338 e. The molecule has 0 spiro atoms. The first-order valence-electron chi connectivity index (χ1n) is 11.0. The number of aliphatic hydroxyl groups excluding tert-OH is 1. The second-order valence-corrected chi connectivity index (χ2v) is 14.3. The van der Waals surface area contributed by atoms with E-state index in [1.54, 1.807) is 30.3 Å². The number of esters is 2. The molecule has 1 fully saturated rings. The molecule has 1 aromatic carbocycles. The van der Waals surface area contributed by atoms with Crippen molar-refractivity contribution in [2.24, 2.45) is 0 Å². The fourth-order valence-corrected chi connectivity index (χ4v) is 4.08. The molecule has 8 nitrogen and oxygen atoms in total. The lowest BCUT2D eigenvalue weighted by Crippen LogP contribution is -2.62. The first-order valence-corrected chi connectivity index (χ1v) is 13.9. The van der Waals surface area contributed by atoms with E-state index in [2.05, 4.69) is 40.4 Å². The van der Waals surface area contributed by atoms with E-state index < -0.39 is 51.0 Å². The SMILES string of the molecule is C=CCO[C@H]1OC(CO[Si](C)(C)C(C)(C)C)[C@@H](OC(=O)c2ccccc2)C(O)C1OC(C)=O. The molecular weight excluding hydrogens is 444 g/mol. The minimum absolute atomic E-state index is 0.0600. The summed E-state index contributed by atoms with van der Waals surface area (Å²) in [6, 6.07) is 8.42. The molecule has 0 radical (unpaired) electrons. The maximum atomic E-state index is 12.8. The molecule has 1 aliphatic rings. The third-order valence-corrected chi connectivity index (χ3v) is 10.5. The zero-order valence-electron chi connectivity index (χ0n) is 20.3. The summed E-state index contributed by atoms with van der Waals surface area (Å²) in [5.74, 6) is -1.26. The van der Waals surface area contributed by atoms with Crippen molar-refractivity contribution < 1.29 is 38.1 Å². The molecule has 5 atom stereocenters. The Balaban J connectivity index is 2.32. The first-order chi connectivity index (χ1) is 15.4. The Kier molecular flexibility index (Phi) is 9.39. The number of benzene rings is 1. The lowest BCUT2D eigenvalue weighted by atomic mass is 9.98. The van der Waals surface area contributed by atoms with Crippen LogP contribution < -0.4 is 0 Å². The number of hydrogen-bond donors (Lipinski definition) is 1. The molecule has 3 unspecified atom stereocenters. The van der Waals surface area contributed by atoms with E-state index in [1.165, 1.54) is 13.0 Å². The minimum Gasteiger partial charge on any atom is -0.454 e. The Hall–Kier alpha value is -2.04. The number of aliphatic hydroxyl groups is 1. The van der Waals surface area contributed by atoms with E-state index >= 15 is 0 Å². The van der Waals surface area contributed by atoms with E-state index in [0.29, 0.717) is 5.56 Å². The molecule has 1 N–H and O–H groups in total. The van der Waals surface area contributed by atoms with Gasteiger partial charge in [-0.2, -0.15) is 0 Å². The summed E-state index contributed by atoms with van der Waals surface area (Å²) in [5, 5.41) is 11.1. The van der Waals surface area contributed by atoms with Gasteiger partial charge in [0, 0.05) is 6.92 Å². The highest BCUT2D eigenvalue weighted by Gasteiger charge is 2.51. The van der Waals surface area contributed by atoms with Crippen LogP contribution in [0.3, 0.4) is 0 Å². The molecule has 9 heteroatoms. The molecule has 33 heavy (non-hydrogen) atoms. The Labute approximate surface area is 196 Å². The molecule has 1 aliphatic heterocycles. The van der Waals surface area contributed by atoms with Crippen molar-refractivity contribution in [1.29, 1.82) is 0 Å². The first kappa shape index (κ1) is 27.2. The van der Waals surface area contributed by atoms with Gasteiger partial charge in [-0.15, -0.1) is 6.58 Å². The van der Waals surface area contributed by atoms with Crippen LogP contribution in [-0.2, 0) is 28.2 Å². The normalized spacial score (nSPS) is 25.8. The van der Waals surface area contributed by atoms with Crippen molar-refractivity contribution >= 4 is 20.3 Å². The highest BCUT2D eigenvalue weighted by molar-refractivity contribution is 6.74. The van der Waals surface area contributed by atoms with Crippen LogP contribution in [0.1, 0.15) is 38.1 Å². The number of carbonyl (C=O) groups excluding carboxylic acids is 2. The molecule has 0 aliphatic carbocycles. The van der Waals surface area contributed by atoms with Gasteiger partial charge in [0.15, 0.2) is 26.8 Å². The van der Waals surface area contributed by atoms with E-state index in [4.69, 9.17) is 23.4 Å². The monoisotopic (exact) mass is 480 g/mol. The van der Waals surface area contributed by atoms with Gasteiger partial charge in [0.1, 0.15) is 12.2 Å². The predicted molar refractivity (Wildman–Crippen MR) is 125 cm³/mol. The molecule has 1 heterocycles. The minimum atomic E-state index is -2.18. The number of hydrogen-bond acceptors (Lipinski definition) is 8. The zero-order chi connectivity index (χ0) is 24.8. The summed E-state index contributed by atoms with van der Waals surface area (Å²) in [6.45, 7) is 15.5. The van der Waals surface area contributed by atoms with Gasteiger partial charge in [0.25, 0.3) is 0 Å². The van der Waals surface area contributed by atoms with Gasteiger partial charge in [0.2, 0.25) is 0 Å². The van der Waals surface area contributed by atoms with Crippen LogP contribution in [0.25, 0.3) is 0 Å². The Morgan fingerprint density at radius 2 is 1.79 bits per heavy atom. The summed E-state index contributed by atoms with van der Waals surface area (Å²) in [7, 11) is -2.18. The molecule has 1 saturated heterocycles. The summed E-state index contributed by atoms with van der Waals surface area (Å²) in [6.07, 6.45) is -4.14. The van der Waals surface area contributed by atoms with Crippen LogP contribution in [0.2, 0.25) is 18.1 Å². The summed E-state index contributed by atoms with van der Waals surface area (Å²) >= 11 is 0. The quantitative estimate of drug-likeness (QED) is 0.326. The molecule has 0 bridgehead atoms. The summed E-state index contributed by atoms with van der Waals surface area (Å²) in [5.41, 5.74) is 0.322. The number of rotatable bonds is 9. The van der Waals surface area contributed by atoms with E-state index in [1.807, 2.05) is 0 Å². The van der Waals surface area contributed by atoms with Gasteiger partial charge in [0.05, 0.1) is 18.8 Å². The molecule has 0 aromatic heterocycles. The topological polar surface area (TPSA) is 101 Å². The Morgan fingerprint density at radius 1 is 1.15 bits per heavy atom. The van der Waals surface area contributed by atoms with Gasteiger partial charge >= 0.3 is 11.9 Å². The Bertz CT molecular complexity index is 804. The molecular formula is C24H36O8Si. The van der Waals surface area contributed by atoms with Crippen LogP contribution in [0.4, 0.5) is 0 Å². The van der Waals surface area contributed by atoms with Crippen molar-refractivity contribution in [2.75, 3.05) is 13.2 Å². The average Bonchev–Trinajstić information content (AvgIpc) is 2.74. The van der Waals surface area contributed by atoms with Crippen molar-refractivity contribution in [3.8, 4) is 0 Å². The fraction of sp³-hybridized carbons (Fsp3) is 0.583. The van der Waals surface area contributed by atoms with E-state index in [0.717, 1.165) is 0 Å². The van der Waals surface area contributed by atoms with Gasteiger partial charge in [-0.25, -0.2) is 4.79 Å². The third-order valence-electron chi connectivity index (χ3n) is 5.96. The van der Waals surface area contributed by atoms with E-state index in [9.17, 15) is 14.7 Å². The maximum absolute atomic E-state index is 12.8. The van der Waals surface area contributed by atoms with Crippen LogP contribution in [0.5, 0.6) is 0 Å². The molecule has 184 valence electrons. The van der Waals surface area contributed by atoms with Gasteiger partial charge in [-0.05, 0) is 30.3 Å². The smallest absolute Gasteiger partial charge is 0.338 e. The second kappa shape index (κ2) is 11.4. The predicted octanol–water partition coefficient (Wildman–Crippen LogP) is 3.45. The zero-order valence-corrected chi connectivity index (χ0v) is 21.3. The fourth-order valence-electron chi connectivity index (χ4n) is 3.06. The van der Waals surface area contributed by atoms with Crippen molar-refractivity contribution in [3.05, 3.63) is 48.6 Å². The summed E-state index contributed by atoms with van der Waals surface area (Å²) in [4.78, 5) is 24.5. The largest absolute Gasteiger partial charge is 0.454 e. The van der Waals surface area contributed by atoms with E-state index in [-0.39, 0.29) is 18.3 Å². The second-order valence-electron chi connectivity index (χ2n) is 9.54. The van der Waals surface area contributed by atoms with Gasteiger partial charge < -0.3 is 28.5 Å². The number of carbonyl (C=O) groups is 2.